The van der Waals surface area contributed by atoms with Gasteiger partial charge >= 0.3 is 6.03 Å². The van der Waals surface area contributed by atoms with Crippen LogP contribution in [0.4, 0.5) is 4.79 Å². The Hall–Kier alpha value is -1.03. The van der Waals surface area contributed by atoms with E-state index in [1.165, 1.54) is 5.56 Å². The molecule has 0 aliphatic carbocycles. The molecule has 1 aromatic rings. The molecule has 1 atom stereocenters. The summed E-state index contributed by atoms with van der Waals surface area (Å²) in [5.41, 5.74) is 1.19. The zero-order valence-corrected chi connectivity index (χ0v) is 10.1. The van der Waals surface area contributed by atoms with Crippen LogP contribution in [0.25, 0.3) is 0 Å². The van der Waals surface area contributed by atoms with E-state index in [2.05, 4.69) is 33.4 Å². The van der Waals surface area contributed by atoms with Gasteiger partial charge in [0.25, 0.3) is 0 Å². The van der Waals surface area contributed by atoms with Crippen LogP contribution in [0.15, 0.2) is 28.7 Å². The summed E-state index contributed by atoms with van der Waals surface area (Å²) in [6, 6.07) is 8.35. The fourth-order valence-corrected chi connectivity index (χ4v) is 2.12. The molecule has 15 heavy (non-hydrogen) atoms. The van der Waals surface area contributed by atoms with Crippen LogP contribution < -0.4 is 5.32 Å². The van der Waals surface area contributed by atoms with Crippen molar-refractivity contribution in [2.24, 2.45) is 0 Å². The summed E-state index contributed by atoms with van der Waals surface area (Å²) in [6.07, 6.45) is 0.962. The Morgan fingerprint density at radius 3 is 2.73 bits per heavy atom. The largest absolute Gasteiger partial charge is 0.338 e. The lowest BCUT2D eigenvalue weighted by atomic mass is 10.0. The number of halogens is 1. The van der Waals surface area contributed by atoms with Crippen LogP contribution in [-0.2, 0) is 0 Å². The Labute approximate surface area is 97.6 Å². The number of rotatable bonds is 1. The van der Waals surface area contributed by atoms with Gasteiger partial charge in [0.1, 0.15) is 0 Å². The van der Waals surface area contributed by atoms with Crippen molar-refractivity contribution in [2.75, 3.05) is 13.6 Å². The zero-order chi connectivity index (χ0) is 10.8. The van der Waals surface area contributed by atoms with Crippen LogP contribution in [0.5, 0.6) is 0 Å². The number of carbonyl (C=O) groups excluding carboxylic acids is 1. The SMILES string of the molecule is CN1C(=O)NCCC1c1ccc(Br)cc1. The molecule has 2 rings (SSSR count). The van der Waals surface area contributed by atoms with E-state index in [-0.39, 0.29) is 12.1 Å². The highest BCUT2D eigenvalue weighted by Crippen LogP contribution is 2.26. The van der Waals surface area contributed by atoms with E-state index in [1.807, 2.05) is 19.2 Å². The summed E-state index contributed by atoms with van der Waals surface area (Å²) in [7, 11) is 1.83. The third kappa shape index (κ3) is 2.15. The van der Waals surface area contributed by atoms with E-state index in [9.17, 15) is 4.79 Å². The lowest BCUT2D eigenvalue weighted by molar-refractivity contribution is 0.172. The van der Waals surface area contributed by atoms with Gasteiger partial charge in [0.2, 0.25) is 0 Å². The van der Waals surface area contributed by atoms with Gasteiger partial charge in [-0.2, -0.15) is 0 Å². The highest BCUT2D eigenvalue weighted by molar-refractivity contribution is 9.10. The van der Waals surface area contributed by atoms with Gasteiger partial charge in [0.15, 0.2) is 0 Å². The first-order valence-electron chi connectivity index (χ1n) is 4.94. The van der Waals surface area contributed by atoms with Gasteiger partial charge in [0.05, 0.1) is 6.04 Å². The average Bonchev–Trinajstić information content (AvgIpc) is 2.24. The van der Waals surface area contributed by atoms with E-state index in [0.717, 1.165) is 17.4 Å². The minimum absolute atomic E-state index is 0.00849. The van der Waals surface area contributed by atoms with Crippen molar-refractivity contribution < 1.29 is 4.79 Å². The summed E-state index contributed by atoms with van der Waals surface area (Å²) >= 11 is 3.40. The highest BCUT2D eigenvalue weighted by atomic mass is 79.9. The molecule has 1 unspecified atom stereocenters. The molecule has 0 aromatic heterocycles. The standard InChI is InChI=1S/C11H13BrN2O/c1-14-10(6-7-13-11(14)15)8-2-4-9(12)5-3-8/h2-5,10H,6-7H2,1H3,(H,13,15). The predicted octanol–water partition coefficient (Wildman–Crippen LogP) is 2.54. The smallest absolute Gasteiger partial charge is 0.317 e. The van der Waals surface area contributed by atoms with Crippen LogP contribution in [0.3, 0.4) is 0 Å². The molecular weight excluding hydrogens is 256 g/mol. The van der Waals surface area contributed by atoms with Crippen molar-refractivity contribution in [3.63, 3.8) is 0 Å². The number of hydrogen-bond donors (Lipinski definition) is 1. The first-order chi connectivity index (χ1) is 7.18. The molecule has 3 nitrogen and oxygen atoms in total. The van der Waals surface area contributed by atoms with Gasteiger partial charge in [-0.15, -0.1) is 0 Å². The second-order valence-corrected chi connectivity index (χ2v) is 4.61. The topological polar surface area (TPSA) is 32.3 Å². The Bertz CT molecular complexity index is 363. The molecule has 0 radical (unpaired) electrons. The van der Waals surface area contributed by atoms with Crippen molar-refractivity contribution in [3.05, 3.63) is 34.3 Å². The molecule has 1 fully saturated rings. The molecule has 80 valence electrons. The molecule has 1 heterocycles. The first kappa shape index (κ1) is 10.5. The Morgan fingerprint density at radius 1 is 1.40 bits per heavy atom. The maximum atomic E-state index is 11.5. The minimum atomic E-state index is 0.00849. The van der Waals surface area contributed by atoms with Crippen LogP contribution >= 0.6 is 15.9 Å². The predicted molar refractivity (Wildman–Crippen MR) is 62.7 cm³/mol. The Balaban J connectivity index is 2.22. The molecule has 1 saturated heterocycles. The molecule has 1 aromatic carbocycles. The van der Waals surface area contributed by atoms with E-state index in [0.29, 0.717) is 0 Å². The van der Waals surface area contributed by atoms with Crippen molar-refractivity contribution in [1.29, 1.82) is 0 Å². The Kier molecular flexibility index (Phi) is 2.95. The lowest BCUT2D eigenvalue weighted by Gasteiger charge is -2.33. The highest BCUT2D eigenvalue weighted by Gasteiger charge is 2.25. The summed E-state index contributed by atoms with van der Waals surface area (Å²) in [5, 5.41) is 2.82. The average molecular weight is 269 g/mol. The van der Waals surface area contributed by atoms with Gasteiger partial charge in [-0.3, -0.25) is 0 Å². The van der Waals surface area contributed by atoms with E-state index >= 15 is 0 Å². The molecule has 1 aliphatic rings. The third-order valence-electron chi connectivity index (χ3n) is 2.74. The lowest BCUT2D eigenvalue weighted by Crippen LogP contribution is -2.45. The van der Waals surface area contributed by atoms with Crippen LogP contribution in [-0.4, -0.2) is 24.5 Å². The molecule has 0 spiro atoms. The summed E-state index contributed by atoms with van der Waals surface area (Å²) in [5.74, 6) is 0. The monoisotopic (exact) mass is 268 g/mol. The number of benzene rings is 1. The van der Waals surface area contributed by atoms with Crippen LogP contribution in [0, 0.1) is 0 Å². The first-order valence-corrected chi connectivity index (χ1v) is 5.74. The van der Waals surface area contributed by atoms with E-state index in [4.69, 9.17) is 0 Å². The van der Waals surface area contributed by atoms with Crippen molar-refractivity contribution in [1.82, 2.24) is 10.2 Å². The number of carbonyl (C=O) groups is 1. The number of hydrogen-bond acceptors (Lipinski definition) is 1. The molecule has 4 heteroatoms. The molecule has 1 N–H and O–H groups in total. The van der Waals surface area contributed by atoms with Crippen LogP contribution in [0.2, 0.25) is 0 Å². The Morgan fingerprint density at radius 2 is 2.07 bits per heavy atom. The van der Waals surface area contributed by atoms with Gasteiger partial charge in [0, 0.05) is 18.1 Å². The number of nitrogens with one attached hydrogen (secondary N) is 1. The normalized spacial score (nSPS) is 21.3. The van der Waals surface area contributed by atoms with Gasteiger partial charge in [-0.05, 0) is 24.1 Å². The number of urea groups is 1. The molecular formula is C11H13BrN2O. The zero-order valence-electron chi connectivity index (χ0n) is 8.53. The molecule has 0 saturated carbocycles. The van der Waals surface area contributed by atoms with Crippen molar-refractivity contribution in [2.45, 2.75) is 12.5 Å². The van der Waals surface area contributed by atoms with Crippen LogP contribution in [0.1, 0.15) is 18.0 Å². The number of nitrogens with zero attached hydrogens (tertiary/aromatic N) is 1. The van der Waals surface area contributed by atoms with Gasteiger partial charge in [-0.25, -0.2) is 4.79 Å². The minimum Gasteiger partial charge on any atom is -0.338 e. The van der Waals surface area contributed by atoms with E-state index in [1.54, 1.807) is 4.90 Å². The third-order valence-corrected chi connectivity index (χ3v) is 3.27. The van der Waals surface area contributed by atoms with E-state index < -0.39 is 0 Å². The quantitative estimate of drug-likeness (QED) is 0.834. The maximum absolute atomic E-state index is 11.5. The second kappa shape index (κ2) is 4.23. The summed E-state index contributed by atoms with van der Waals surface area (Å²) in [6.45, 7) is 0.754. The summed E-state index contributed by atoms with van der Waals surface area (Å²) in [4.78, 5) is 13.2. The van der Waals surface area contributed by atoms with Crippen molar-refractivity contribution in [3.8, 4) is 0 Å². The molecule has 1 aliphatic heterocycles. The molecule has 0 bridgehead atoms. The fraction of sp³-hybridized carbons (Fsp3) is 0.364. The number of amides is 2. The fourth-order valence-electron chi connectivity index (χ4n) is 1.85. The maximum Gasteiger partial charge on any atom is 0.317 e. The summed E-state index contributed by atoms with van der Waals surface area (Å²) < 4.78 is 1.06. The van der Waals surface area contributed by atoms with Gasteiger partial charge in [-0.1, -0.05) is 28.1 Å². The molecule has 2 amide bonds. The second-order valence-electron chi connectivity index (χ2n) is 3.70. The van der Waals surface area contributed by atoms with Gasteiger partial charge < -0.3 is 10.2 Å². The van der Waals surface area contributed by atoms with Crippen molar-refractivity contribution >= 4 is 22.0 Å².